The molecule has 2 N–H and O–H groups in total. The molecule has 4 aromatic rings. The normalized spacial score (nSPS) is 17.0. The highest BCUT2D eigenvalue weighted by molar-refractivity contribution is 5.87. The van der Waals surface area contributed by atoms with Gasteiger partial charge in [-0.2, -0.15) is 13.2 Å². The number of alkyl halides is 3. The lowest BCUT2D eigenvalue weighted by Crippen LogP contribution is -2.35. The Hall–Kier alpha value is -5.18. The summed E-state index contributed by atoms with van der Waals surface area (Å²) in [6.45, 7) is 1.85. The molecular formula is C27H22F3N7O5. The van der Waals surface area contributed by atoms with E-state index in [9.17, 15) is 22.8 Å². The molecule has 1 saturated heterocycles. The van der Waals surface area contributed by atoms with Crippen LogP contribution in [0.1, 0.15) is 18.9 Å². The summed E-state index contributed by atoms with van der Waals surface area (Å²) in [5.41, 5.74) is 5.03. The van der Waals surface area contributed by atoms with E-state index in [1.165, 1.54) is 11.1 Å². The Morgan fingerprint density at radius 1 is 1.19 bits per heavy atom. The fourth-order valence-electron chi connectivity index (χ4n) is 4.47. The smallest absolute Gasteiger partial charge is 0.455 e. The number of allylic oxidation sites excluding steroid dienone is 1. The van der Waals surface area contributed by atoms with Gasteiger partial charge < -0.3 is 24.2 Å². The van der Waals surface area contributed by atoms with Crippen molar-refractivity contribution in [1.82, 2.24) is 30.4 Å². The summed E-state index contributed by atoms with van der Waals surface area (Å²) in [5, 5.41) is 1.58. The number of aromatic amines is 1. The number of carbonyl (C=O) groups excluding carboxylic acids is 2. The van der Waals surface area contributed by atoms with Crippen LogP contribution >= 0.6 is 0 Å². The number of pyridine rings is 2. The van der Waals surface area contributed by atoms with Crippen LogP contribution in [0, 0.1) is 0 Å². The van der Waals surface area contributed by atoms with E-state index < -0.39 is 24.2 Å². The van der Waals surface area contributed by atoms with Crippen LogP contribution < -0.4 is 15.3 Å². The molecule has 3 aromatic heterocycles. The maximum absolute atomic E-state index is 12.9. The third kappa shape index (κ3) is 5.54. The number of rotatable bonds is 7. The standard InChI is InChI=1S/C27H22F3N7O5/c1-15-13-37(35-42-15)23-6-5-17(12-32-23)40-22-11-20-19(33-24(34-20)18-4-2-3-8-31-18)10-16(22)14-36-9-7-21(25(36)38)41-26(39)27(28,29)30/h2-6,8,10-13,21,35H,7,9,14H2,1H3,(H,33,34). The Morgan fingerprint density at radius 2 is 2.05 bits per heavy atom. The first-order valence-corrected chi connectivity index (χ1v) is 12.7. The Bertz CT molecular complexity index is 1680. The van der Waals surface area contributed by atoms with Gasteiger partial charge in [-0.15, -0.1) is 0 Å². The second-order valence-electron chi connectivity index (χ2n) is 9.47. The number of carbonyl (C=O) groups is 2. The monoisotopic (exact) mass is 581 g/mol. The fourth-order valence-corrected chi connectivity index (χ4v) is 4.47. The number of esters is 1. The average Bonchev–Trinajstić information content (AvgIpc) is 3.68. The zero-order valence-corrected chi connectivity index (χ0v) is 21.9. The molecule has 0 bridgehead atoms. The molecule has 2 aliphatic rings. The van der Waals surface area contributed by atoms with E-state index in [1.807, 2.05) is 6.07 Å². The number of hydrazine groups is 1. The maximum Gasteiger partial charge on any atom is 0.490 e. The van der Waals surface area contributed by atoms with Gasteiger partial charge in [0.25, 0.3) is 5.91 Å². The zero-order valence-electron chi connectivity index (χ0n) is 21.9. The van der Waals surface area contributed by atoms with Crippen molar-refractivity contribution in [2.24, 2.45) is 0 Å². The molecule has 6 rings (SSSR count). The van der Waals surface area contributed by atoms with Crippen LogP contribution in [0.5, 0.6) is 11.5 Å². The van der Waals surface area contributed by atoms with Gasteiger partial charge in [0.1, 0.15) is 28.8 Å². The third-order valence-corrected chi connectivity index (χ3v) is 6.47. The number of H-pyrrole nitrogens is 1. The number of fused-ring (bicyclic) bond motifs is 1. The number of imidazole rings is 1. The number of hydrogen-bond acceptors (Lipinski definition) is 10. The van der Waals surface area contributed by atoms with Gasteiger partial charge in [-0.25, -0.2) is 19.8 Å². The molecule has 1 aromatic carbocycles. The number of halogens is 3. The lowest BCUT2D eigenvalue weighted by molar-refractivity contribution is -0.204. The Kier molecular flexibility index (Phi) is 6.86. The lowest BCUT2D eigenvalue weighted by atomic mass is 10.1. The summed E-state index contributed by atoms with van der Waals surface area (Å²) in [5.74, 6) is -0.685. The van der Waals surface area contributed by atoms with Gasteiger partial charge in [0.2, 0.25) is 0 Å². The molecule has 2 aliphatic heterocycles. The largest absolute Gasteiger partial charge is 0.490 e. The number of anilines is 1. The van der Waals surface area contributed by atoms with Gasteiger partial charge in [0.05, 0.1) is 23.4 Å². The summed E-state index contributed by atoms with van der Waals surface area (Å²) in [6.07, 6.45) is -1.92. The van der Waals surface area contributed by atoms with Crippen LogP contribution in [0.15, 0.2) is 66.8 Å². The van der Waals surface area contributed by atoms with E-state index in [-0.39, 0.29) is 19.5 Å². The topological polar surface area (TPSA) is 135 Å². The van der Waals surface area contributed by atoms with E-state index in [1.54, 1.807) is 60.7 Å². The van der Waals surface area contributed by atoms with Crippen LogP contribution in [-0.2, 0) is 25.7 Å². The first-order chi connectivity index (χ1) is 20.1. The van der Waals surface area contributed by atoms with Crippen molar-refractivity contribution < 1.29 is 37.1 Å². The van der Waals surface area contributed by atoms with Gasteiger partial charge in [-0.05, 0) is 37.3 Å². The van der Waals surface area contributed by atoms with Crippen molar-refractivity contribution in [3.05, 3.63) is 72.4 Å². The van der Waals surface area contributed by atoms with Gasteiger partial charge in [-0.3, -0.25) is 9.78 Å². The van der Waals surface area contributed by atoms with Crippen LogP contribution in [0.2, 0.25) is 0 Å². The third-order valence-electron chi connectivity index (χ3n) is 6.47. The first-order valence-electron chi connectivity index (χ1n) is 12.7. The van der Waals surface area contributed by atoms with Gasteiger partial charge in [-0.1, -0.05) is 11.7 Å². The molecular weight excluding hydrogens is 559 g/mol. The van der Waals surface area contributed by atoms with Crippen molar-refractivity contribution >= 4 is 28.7 Å². The van der Waals surface area contributed by atoms with Gasteiger partial charge in [0, 0.05) is 37.3 Å². The number of amides is 1. The lowest BCUT2D eigenvalue weighted by Gasteiger charge is -2.19. The number of aromatic nitrogens is 4. The predicted octanol–water partition coefficient (Wildman–Crippen LogP) is 4.14. The molecule has 216 valence electrons. The molecule has 1 unspecified atom stereocenters. The quantitative estimate of drug-likeness (QED) is 0.307. The molecule has 0 aliphatic carbocycles. The number of nitrogens with zero attached hydrogens (tertiary/aromatic N) is 5. The molecule has 1 fully saturated rings. The maximum atomic E-state index is 12.9. The number of nitrogens with one attached hydrogen (secondary N) is 2. The fraction of sp³-hybridized carbons (Fsp3) is 0.222. The number of benzene rings is 1. The zero-order chi connectivity index (χ0) is 29.4. The molecule has 12 nitrogen and oxygen atoms in total. The Morgan fingerprint density at radius 3 is 2.74 bits per heavy atom. The van der Waals surface area contributed by atoms with E-state index in [4.69, 9.17) is 9.57 Å². The van der Waals surface area contributed by atoms with Crippen molar-refractivity contribution in [2.75, 3.05) is 11.6 Å². The molecule has 0 saturated carbocycles. The highest BCUT2D eigenvalue weighted by Gasteiger charge is 2.45. The van der Waals surface area contributed by atoms with E-state index in [2.05, 4.69) is 30.3 Å². The molecule has 0 radical (unpaired) electrons. The summed E-state index contributed by atoms with van der Waals surface area (Å²) in [7, 11) is 0. The minimum absolute atomic E-state index is 0.0211. The first kappa shape index (κ1) is 27.0. The molecule has 42 heavy (non-hydrogen) atoms. The molecule has 1 atom stereocenters. The summed E-state index contributed by atoms with van der Waals surface area (Å²) >= 11 is 0. The second-order valence-corrected chi connectivity index (χ2v) is 9.47. The Balaban J connectivity index is 1.28. The summed E-state index contributed by atoms with van der Waals surface area (Å²) in [6, 6.07) is 12.2. The van der Waals surface area contributed by atoms with Crippen LogP contribution in [0.4, 0.5) is 19.0 Å². The summed E-state index contributed by atoms with van der Waals surface area (Å²) in [4.78, 5) is 47.2. The Labute approximate surface area is 235 Å². The summed E-state index contributed by atoms with van der Waals surface area (Å²) < 4.78 is 48.6. The molecule has 1 amide bonds. The SMILES string of the molecule is CC1=CN(c2ccc(Oc3cc4nc(-c5ccccn5)[nH]c4cc3CN3CCC(OC(=O)C(F)(F)F)C3=O)cn2)NO1. The molecule has 0 spiro atoms. The second kappa shape index (κ2) is 10.7. The van der Waals surface area contributed by atoms with Crippen molar-refractivity contribution in [3.8, 4) is 23.0 Å². The van der Waals surface area contributed by atoms with Gasteiger partial charge in [0.15, 0.2) is 11.9 Å². The van der Waals surface area contributed by atoms with Crippen molar-refractivity contribution in [2.45, 2.75) is 32.2 Å². The van der Waals surface area contributed by atoms with E-state index >= 15 is 0 Å². The van der Waals surface area contributed by atoms with Crippen LogP contribution in [0.25, 0.3) is 22.6 Å². The average molecular weight is 582 g/mol. The molecule has 5 heterocycles. The number of ether oxygens (including phenoxy) is 2. The van der Waals surface area contributed by atoms with Crippen LogP contribution in [0.3, 0.4) is 0 Å². The molecule has 15 heteroatoms. The van der Waals surface area contributed by atoms with Crippen LogP contribution in [-0.4, -0.2) is 55.5 Å². The van der Waals surface area contributed by atoms with Crippen molar-refractivity contribution in [1.29, 1.82) is 0 Å². The van der Waals surface area contributed by atoms with E-state index in [0.29, 0.717) is 51.2 Å². The van der Waals surface area contributed by atoms with Gasteiger partial charge >= 0.3 is 12.1 Å². The highest BCUT2D eigenvalue weighted by atomic mass is 19.4. The highest BCUT2D eigenvalue weighted by Crippen LogP contribution is 2.33. The number of likely N-dealkylation sites (tertiary alicyclic amines) is 1. The van der Waals surface area contributed by atoms with Crippen molar-refractivity contribution in [3.63, 3.8) is 0 Å². The minimum atomic E-state index is -5.19. The number of hydrogen-bond donors (Lipinski definition) is 2. The minimum Gasteiger partial charge on any atom is -0.455 e. The predicted molar refractivity (Wildman–Crippen MR) is 140 cm³/mol. The van der Waals surface area contributed by atoms with E-state index in [0.717, 1.165) is 0 Å².